The molecule has 0 bridgehead atoms. The van der Waals surface area contributed by atoms with E-state index in [1.807, 2.05) is 38.1 Å². The Labute approximate surface area is 117 Å². The van der Waals surface area contributed by atoms with Gasteiger partial charge in [-0.2, -0.15) is 0 Å². The van der Waals surface area contributed by atoms with Crippen LogP contribution in [0.2, 0.25) is 0 Å². The molecule has 0 radical (unpaired) electrons. The Morgan fingerprint density at radius 1 is 1.37 bits per heavy atom. The molecule has 0 spiro atoms. The molecule has 1 aliphatic heterocycles. The fourth-order valence-electron chi connectivity index (χ4n) is 2.21. The summed E-state index contributed by atoms with van der Waals surface area (Å²) in [5.74, 6) is 0.181. The average Bonchev–Trinajstić information content (AvgIpc) is 2.41. The summed E-state index contributed by atoms with van der Waals surface area (Å²) in [7, 11) is 0. The maximum atomic E-state index is 11.2. The molecule has 0 aromatic carbocycles. The van der Waals surface area contributed by atoms with Crippen LogP contribution in [0.3, 0.4) is 0 Å². The number of carbonyl (C=O) groups is 1. The van der Waals surface area contributed by atoms with Crippen molar-refractivity contribution < 1.29 is 6.22 Å². The van der Waals surface area contributed by atoms with E-state index in [9.17, 15) is 4.79 Å². The number of likely N-dealkylation sites (tertiary alicyclic amines) is 1. The fourth-order valence-corrected chi connectivity index (χ4v) is 2.21. The fraction of sp³-hybridized carbons (Fsp3) is 0.600. The minimum absolute atomic E-state index is 0. The van der Waals surface area contributed by atoms with Crippen LogP contribution in [0.4, 0.5) is 5.69 Å². The zero-order valence-corrected chi connectivity index (χ0v) is 12.4. The minimum atomic E-state index is 0. The molecule has 0 atom stereocenters. The highest BCUT2D eigenvalue weighted by molar-refractivity contribution is 5.73. The lowest BCUT2D eigenvalue weighted by atomic mass is 10.0. The quantitative estimate of drug-likeness (QED) is 0.893. The third-order valence-corrected chi connectivity index (χ3v) is 3.19. The number of nitrogens with one attached hydrogen (secondary N) is 1. The van der Waals surface area contributed by atoms with Crippen molar-refractivity contribution in [1.29, 1.82) is 0 Å². The predicted octanol–water partition coefficient (Wildman–Crippen LogP) is 3.09. The molecule has 0 unspecified atom stereocenters. The van der Waals surface area contributed by atoms with Crippen molar-refractivity contribution >= 4 is 11.6 Å². The number of anilines is 1. The Hall–Kier alpha value is -1.58. The SMILES string of the molecule is CC.CC(=O)N1CCC(Nc2cncc(C)c2)CC1.[HH]. The number of piperidine rings is 1. The summed E-state index contributed by atoms with van der Waals surface area (Å²) < 4.78 is 0. The summed E-state index contributed by atoms with van der Waals surface area (Å²) in [6.45, 7) is 9.38. The van der Waals surface area contributed by atoms with Gasteiger partial charge >= 0.3 is 0 Å². The van der Waals surface area contributed by atoms with Crippen LogP contribution < -0.4 is 5.32 Å². The van der Waals surface area contributed by atoms with Crippen molar-refractivity contribution in [2.75, 3.05) is 18.4 Å². The van der Waals surface area contributed by atoms with Gasteiger partial charge in [0.05, 0.1) is 5.69 Å². The molecule has 1 aliphatic rings. The highest BCUT2D eigenvalue weighted by Crippen LogP contribution is 2.16. The molecule has 0 saturated carbocycles. The van der Waals surface area contributed by atoms with E-state index in [2.05, 4.69) is 16.4 Å². The smallest absolute Gasteiger partial charge is 0.219 e. The zero-order valence-electron chi connectivity index (χ0n) is 12.4. The first-order valence-electron chi connectivity index (χ1n) is 7.09. The number of hydrogen-bond donors (Lipinski definition) is 1. The number of hydrogen-bond acceptors (Lipinski definition) is 3. The maximum Gasteiger partial charge on any atom is 0.219 e. The van der Waals surface area contributed by atoms with Crippen LogP contribution in [0.1, 0.15) is 40.6 Å². The van der Waals surface area contributed by atoms with E-state index >= 15 is 0 Å². The number of aromatic nitrogens is 1. The van der Waals surface area contributed by atoms with Gasteiger partial charge in [0, 0.05) is 39.9 Å². The highest BCUT2D eigenvalue weighted by Gasteiger charge is 2.20. The van der Waals surface area contributed by atoms with Gasteiger partial charge < -0.3 is 10.2 Å². The number of pyridine rings is 1. The second-order valence-electron chi connectivity index (χ2n) is 4.68. The lowest BCUT2D eigenvalue weighted by Crippen LogP contribution is -2.41. The Balaban J connectivity index is 0.00000115. The third-order valence-electron chi connectivity index (χ3n) is 3.19. The van der Waals surface area contributed by atoms with E-state index in [-0.39, 0.29) is 7.33 Å². The van der Waals surface area contributed by atoms with Crippen LogP contribution >= 0.6 is 0 Å². The van der Waals surface area contributed by atoms with Crippen molar-refractivity contribution in [2.24, 2.45) is 0 Å². The van der Waals surface area contributed by atoms with E-state index in [1.54, 1.807) is 6.92 Å². The normalized spacial score (nSPS) is 15.5. The largest absolute Gasteiger partial charge is 0.381 e. The molecule has 2 rings (SSSR count). The van der Waals surface area contributed by atoms with Crippen LogP contribution in [-0.4, -0.2) is 34.9 Å². The Bertz CT molecular complexity index is 404. The van der Waals surface area contributed by atoms with Crippen LogP contribution in [0.5, 0.6) is 0 Å². The van der Waals surface area contributed by atoms with Crippen LogP contribution in [-0.2, 0) is 4.79 Å². The molecule has 1 N–H and O–H groups in total. The summed E-state index contributed by atoms with van der Waals surface area (Å²) in [5.41, 5.74) is 2.24. The van der Waals surface area contributed by atoms with E-state index in [0.29, 0.717) is 6.04 Å². The first-order chi connectivity index (χ1) is 9.15. The lowest BCUT2D eigenvalue weighted by Gasteiger charge is -2.32. The van der Waals surface area contributed by atoms with Gasteiger partial charge in [0.2, 0.25) is 5.91 Å². The van der Waals surface area contributed by atoms with Crippen molar-refractivity contribution in [2.45, 2.75) is 46.6 Å². The van der Waals surface area contributed by atoms with E-state index in [1.165, 1.54) is 0 Å². The summed E-state index contributed by atoms with van der Waals surface area (Å²) in [5, 5.41) is 3.48. The van der Waals surface area contributed by atoms with Crippen molar-refractivity contribution in [3.63, 3.8) is 0 Å². The van der Waals surface area contributed by atoms with Gasteiger partial charge in [-0.25, -0.2) is 0 Å². The van der Waals surface area contributed by atoms with E-state index in [4.69, 9.17) is 0 Å². The molecule has 108 valence electrons. The van der Waals surface area contributed by atoms with E-state index in [0.717, 1.165) is 37.2 Å². The third kappa shape index (κ3) is 4.89. The minimum Gasteiger partial charge on any atom is -0.381 e. The van der Waals surface area contributed by atoms with Crippen LogP contribution in [0, 0.1) is 6.92 Å². The molecule has 4 nitrogen and oxygen atoms in total. The van der Waals surface area contributed by atoms with Gasteiger partial charge in [-0.3, -0.25) is 9.78 Å². The van der Waals surface area contributed by atoms with Crippen molar-refractivity contribution in [1.82, 2.24) is 9.88 Å². The number of rotatable bonds is 2. The number of carbonyl (C=O) groups excluding carboxylic acids is 1. The maximum absolute atomic E-state index is 11.2. The van der Waals surface area contributed by atoms with Crippen LogP contribution in [0.15, 0.2) is 18.5 Å². The molecule has 2 heterocycles. The molecule has 0 aliphatic carbocycles. The van der Waals surface area contributed by atoms with Gasteiger partial charge in [0.15, 0.2) is 0 Å². The topological polar surface area (TPSA) is 45.2 Å². The predicted molar refractivity (Wildman–Crippen MR) is 81.3 cm³/mol. The van der Waals surface area contributed by atoms with Crippen LogP contribution in [0.25, 0.3) is 0 Å². The Morgan fingerprint density at radius 3 is 2.53 bits per heavy atom. The Kier molecular flexibility index (Phi) is 6.33. The van der Waals surface area contributed by atoms with Gasteiger partial charge in [0.1, 0.15) is 0 Å². The van der Waals surface area contributed by atoms with Gasteiger partial charge in [-0.1, -0.05) is 13.8 Å². The molecule has 1 aromatic heterocycles. The summed E-state index contributed by atoms with van der Waals surface area (Å²) in [6, 6.07) is 2.55. The molecule has 4 heteroatoms. The molecule has 1 aromatic rings. The van der Waals surface area contributed by atoms with Gasteiger partial charge in [-0.05, 0) is 31.4 Å². The second-order valence-corrected chi connectivity index (χ2v) is 4.68. The van der Waals surface area contributed by atoms with Gasteiger partial charge in [-0.15, -0.1) is 0 Å². The zero-order chi connectivity index (χ0) is 14.3. The van der Waals surface area contributed by atoms with Gasteiger partial charge in [0.25, 0.3) is 0 Å². The molecule has 1 fully saturated rings. The second kappa shape index (κ2) is 7.77. The molecular weight excluding hydrogens is 238 g/mol. The van der Waals surface area contributed by atoms with Crippen molar-refractivity contribution in [3.8, 4) is 0 Å². The molecule has 19 heavy (non-hydrogen) atoms. The first-order valence-corrected chi connectivity index (χ1v) is 7.09. The summed E-state index contributed by atoms with van der Waals surface area (Å²) in [6.07, 6.45) is 5.72. The molecule has 1 saturated heterocycles. The standard InChI is InChI=1S/C13H19N3O.C2H6.H2/c1-10-7-13(9-14-8-10)15-12-3-5-16(6-4-12)11(2)17;1-2;/h7-9,12,15H,3-6H2,1-2H3;1-2H3;1H. The summed E-state index contributed by atoms with van der Waals surface area (Å²) >= 11 is 0. The monoisotopic (exact) mass is 265 g/mol. The van der Waals surface area contributed by atoms with E-state index < -0.39 is 0 Å². The summed E-state index contributed by atoms with van der Waals surface area (Å²) in [4.78, 5) is 17.3. The molecular formula is C15H27N3O. The number of amides is 1. The highest BCUT2D eigenvalue weighted by atomic mass is 16.2. The van der Waals surface area contributed by atoms with Crippen molar-refractivity contribution in [3.05, 3.63) is 24.0 Å². The number of aryl methyl sites for hydroxylation is 1. The average molecular weight is 265 g/mol. The first kappa shape index (κ1) is 15.5. The Morgan fingerprint density at radius 2 is 2.00 bits per heavy atom. The number of nitrogens with zero attached hydrogens (tertiary/aromatic N) is 2. The lowest BCUT2D eigenvalue weighted by molar-refractivity contribution is -0.129. The molecule has 1 amide bonds.